The van der Waals surface area contributed by atoms with Crippen molar-refractivity contribution in [2.45, 2.75) is 31.4 Å². The highest BCUT2D eigenvalue weighted by Gasteiger charge is 2.23. The second-order valence-corrected chi connectivity index (χ2v) is 8.10. The summed E-state index contributed by atoms with van der Waals surface area (Å²) in [5, 5.41) is 7.61. The molecule has 2 aliphatic heterocycles. The molecule has 0 bridgehead atoms. The Balaban J connectivity index is 1.41. The van der Waals surface area contributed by atoms with Gasteiger partial charge in [0.1, 0.15) is 0 Å². The van der Waals surface area contributed by atoms with Crippen LogP contribution in [0, 0.1) is 0 Å². The third-order valence-corrected chi connectivity index (χ3v) is 5.77. The first-order valence-electron chi connectivity index (χ1n) is 11.0. The highest BCUT2D eigenvalue weighted by molar-refractivity contribution is 6.30. The van der Waals surface area contributed by atoms with Crippen molar-refractivity contribution in [3.8, 4) is 0 Å². The topological polar surface area (TPSA) is 67.4 Å². The molecule has 0 spiro atoms. The molecule has 168 valence electrons. The average molecular weight is 439 g/mol. The summed E-state index contributed by atoms with van der Waals surface area (Å²) in [7, 11) is 1.80. The lowest BCUT2D eigenvalue weighted by Gasteiger charge is -2.35. The molecule has 2 fully saturated rings. The van der Waals surface area contributed by atoms with E-state index in [1.54, 1.807) is 7.05 Å². The van der Waals surface area contributed by atoms with E-state index >= 15 is 0 Å². The van der Waals surface area contributed by atoms with Crippen molar-refractivity contribution in [3.05, 3.63) is 34.9 Å². The predicted octanol–water partition coefficient (Wildman–Crippen LogP) is 2.46. The van der Waals surface area contributed by atoms with Crippen LogP contribution in [0.1, 0.15) is 30.9 Å². The second kappa shape index (κ2) is 13.1. The van der Waals surface area contributed by atoms with Gasteiger partial charge in [0.2, 0.25) is 0 Å². The molecule has 1 aromatic rings. The van der Waals surface area contributed by atoms with Gasteiger partial charge in [-0.05, 0) is 37.0 Å². The Bertz CT molecular complexity index is 632. The molecule has 3 rings (SSSR count). The minimum atomic E-state index is 0.236. The van der Waals surface area contributed by atoms with Crippen LogP contribution < -0.4 is 10.6 Å². The van der Waals surface area contributed by atoms with E-state index in [2.05, 4.69) is 32.7 Å². The number of halogens is 1. The van der Waals surface area contributed by atoms with Gasteiger partial charge in [-0.15, -0.1) is 0 Å². The summed E-state index contributed by atoms with van der Waals surface area (Å²) < 4.78 is 16.8. The van der Waals surface area contributed by atoms with Crippen molar-refractivity contribution in [3.63, 3.8) is 0 Å². The van der Waals surface area contributed by atoms with Crippen LogP contribution in [0.25, 0.3) is 0 Å². The van der Waals surface area contributed by atoms with E-state index in [9.17, 15) is 0 Å². The van der Waals surface area contributed by atoms with E-state index in [1.807, 2.05) is 12.1 Å². The summed E-state index contributed by atoms with van der Waals surface area (Å²) in [6.07, 6.45) is 3.49. The van der Waals surface area contributed by atoms with Crippen LogP contribution in [0.15, 0.2) is 29.3 Å². The summed E-state index contributed by atoms with van der Waals surface area (Å²) in [5.74, 6) is 0.807. The zero-order valence-corrected chi connectivity index (χ0v) is 18.7. The summed E-state index contributed by atoms with van der Waals surface area (Å²) in [5.41, 5.74) is 1.24. The molecule has 8 heteroatoms. The molecule has 2 aliphatic rings. The summed E-state index contributed by atoms with van der Waals surface area (Å²) in [6.45, 7) is 7.25. The van der Waals surface area contributed by atoms with E-state index in [0.717, 1.165) is 82.9 Å². The fraction of sp³-hybridized carbons (Fsp3) is 0.682. The maximum absolute atomic E-state index is 6.09. The molecule has 0 saturated carbocycles. The van der Waals surface area contributed by atoms with Crippen LogP contribution in [0.3, 0.4) is 0 Å². The largest absolute Gasteiger partial charge is 0.379 e. The molecular weight excluding hydrogens is 404 g/mol. The smallest absolute Gasteiger partial charge is 0.191 e. The number of morpholine rings is 1. The van der Waals surface area contributed by atoms with Crippen molar-refractivity contribution in [1.29, 1.82) is 0 Å². The average Bonchev–Trinajstić information content (AvgIpc) is 3.30. The van der Waals surface area contributed by atoms with Crippen molar-refractivity contribution in [2.75, 3.05) is 66.3 Å². The molecule has 2 saturated heterocycles. The van der Waals surface area contributed by atoms with Crippen LogP contribution in [0.2, 0.25) is 5.02 Å². The third kappa shape index (κ3) is 7.71. The van der Waals surface area contributed by atoms with Crippen LogP contribution in [-0.2, 0) is 14.2 Å². The number of nitrogens with one attached hydrogen (secondary N) is 2. The molecule has 7 nitrogen and oxygen atoms in total. The number of hydrogen-bond donors (Lipinski definition) is 2. The minimum Gasteiger partial charge on any atom is -0.379 e. The number of aliphatic imine (C=N–C) groups is 1. The fourth-order valence-electron chi connectivity index (χ4n) is 3.82. The Kier molecular flexibility index (Phi) is 10.2. The maximum atomic E-state index is 6.09. The standard InChI is InChI=1S/C22H35ClN4O3/c1-24-22(25-9-3-12-29-17-20-4-2-13-30-20)26-16-21(27-10-14-28-15-11-27)18-5-7-19(23)8-6-18/h5-8,20-21H,2-4,9-17H2,1H3,(H2,24,25,26). The Labute approximate surface area is 185 Å². The zero-order chi connectivity index (χ0) is 21.0. The molecule has 1 aromatic carbocycles. The first kappa shape index (κ1) is 23.3. The van der Waals surface area contributed by atoms with Gasteiger partial charge in [0.25, 0.3) is 0 Å². The van der Waals surface area contributed by atoms with Crippen molar-refractivity contribution in [1.82, 2.24) is 15.5 Å². The molecule has 0 amide bonds. The quantitative estimate of drug-likeness (QED) is 0.332. The van der Waals surface area contributed by atoms with Gasteiger partial charge < -0.3 is 24.8 Å². The molecule has 2 N–H and O–H groups in total. The number of rotatable bonds is 10. The van der Waals surface area contributed by atoms with Crippen molar-refractivity contribution >= 4 is 17.6 Å². The summed E-state index contributed by atoms with van der Waals surface area (Å²) in [4.78, 5) is 6.81. The van der Waals surface area contributed by atoms with Crippen molar-refractivity contribution < 1.29 is 14.2 Å². The van der Waals surface area contributed by atoms with E-state index in [0.29, 0.717) is 6.61 Å². The van der Waals surface area contributed by atoms with Gasteiger partial charge >= 0.3 is 0 Å². The SMILES string of the molecule is CN=C(NCCCOCC1CCCO1)NCC(c1ccc(Cl)cc1)N1CCOCC1. The Hall–Kier alpha value is -1.38. The van der Waals surface area contributed by atoms with Crippen LogP contribution in [0.5, 0.6) is 0 Å². The van der Waals surface area contributed by atoms with Crippen molar-refractivity contribution in [2.24, 2.45) is 4.99 Å². The molecule has 0 aliphatic carbocycles. The van der Waals surface area contributed by atoms with Crippen LogP contribution in [0.4, 0.5) is 0 Å². The number of hydrogen-bond acceptors (Lipinski definition) is 5. The lowest BCUT2D eigenvalue weighted by molar-refractivity contribution is 0.0165. The molecule has 2 unspecified atom stereocenters. The van der Waals surface area contributed by atoms with E-state index in [1.165, 1.54) is 5.56 Å². The third-order valence-electron chi connectivity index (χ3n) is 5.51. The lowest BCUT2D eigenvalue weighted by Crippen LogP contribution is -2.46. The Morgan fingerprint density at radius 2 is 2.03 bits per heavy atom. The van der Waals surface area contributed by atoms with Gasteiger partial charge in [-0.1, -0.05) is 23.7 Å². The van der Waals surface area contributed by atoms with Gasteiger partial charge in [0.15, 0.2) is 5.96 Å². The first-order valence-corrected chi connectivity index (χ1v) is 11.3. The van der Waals surface area contributed by atoms with Crippen LogP contribution in [-0.4, -0.2) is 83.2 Å². The highest BCUT2D eigenvalue weighted by atomic mass is 35.5. The highest BCUT2D eigenvalue weighted by Crippen LogP contribution is 2.23. The van der Waals surface area contributed by atoms with Gasteiger partial charge in [-0.3, -0.25) is 9.89 Å². The lowest BCUT2D eigenvalue weighted by atomic mass is 10.0. The van der Waals surface area contributed by atoms with Gasteiger partial charge in [-0.2, -0.15) is 0 Å². The normalized spacial score (nSPS) is 21.5. The molecule has 2 atom stereocenters. The molecule has 30 heavy (non-hydrogen) atoms. The monoisotopic (exact) mass is 438 g/mol. The van der Waals surface area contributed by atoms with E-state index in [-0.39, 0.29) is 12.1 Å². The number of guanidine groups is 1. The maximum Gasteiger partial charge on any atom is 0.191 e. The number of benzene rings is 1. The molecule has 2 heterocycles. The summed E-state index contributed by atoms with van der Waals surface area (Å²) >= 11 is 6.09. The number of ether oxygens (including phenoxy) is 3. The zero-order valence-electron chi connectivity index (χ0n) is 17.9. The van der Waals surface area contributed by atoms with Gasteiger partial charge in [0.05, 0.1) is 32.0 Å². The molecule has 0 radical (unpaired) electrons. The first-order chi connectivity index (χ1) is 14.8. The minimum absolute atomic E-state index is 0.236. The predicted molar refractivity (Wildman–Crippen MR) is 120 cm³/mol. The van der Waals surface area contributed by atoms with Crippen LogP contribution >= 0.6 is 11.6 Å². The Morgan fingerprint density at radius 3 is 2.73 bits per heavy atom. The second-order valence-electron chi connectivity index (χ2n) is 7.66. The fourth-order valence-corrected chi connectivity index (χ4v) is 3.94. The van der Waals surface area contributed by atoms with Gasteiger partial charge in [0, 0.05) is 51.5 Å². The van der Waals surface area contributed by atoms with Gasteiger partial charge in [-0.25, -0.2) is 0 Å². The Morgan fingerprint density at radius 1 is 1.23 bits per heavy atom. The van der Waals surface area contributed by atoms with E-state index < -0.39 is 0 Å². The molecular formula is C22H35ClN4O3. The number of nitrogens with zero attached hydrogens (tertiary/aromatic N) is 2. The summed E-state index contributed by atoms with van der Waals surface area (Å²) in [6, 6.07) is 8.35. The van der Waals surface area contributed by atoms with E-state index in [4.69, 9.17) is 25.8 Å². The molecule has 0 aromatic heterocycles.